The monoisotopic (exact) mass is 466 g/mol. The summed E-state index contributed by atoms with van der Waals surface area (Å²) in [4.78, 5) is 25.3. The summed E-state index contributed by atoms with van der Waals surface area (Å²) < 4.78 is 5.54. The maximum absolute atomic E-state index is 12.3. The zero-order valence-corrected chi connectivity index (χ0v) is 19.0. The van der Waals surface area contributed by atoms with Crippen molar-refractivity contribution < 1.29 is 19.4 Å². The Morgan fingerprint density at radius 1 is 0.879 bits per heavy atom. The molecule has 1 aliphatic rings. The van der Waals surface area contributed by atoms with E-state index in [0.29, 0.717) is 19.6 Å². The van der Waals surface area contributed by atoms with E-state index in [1.54, 1.807) is 4.90 Å². The van der Waals surface area contributed by atoms with Crippen molar-refractivity contribution in [3.63, 3.8) is 0 Å². The lowest BCUT2D eigenvalue weighted by Gasteiger charge is -2.20. The number of rotatable bonds is 9. The van der Waals surface area contributed by atoms with Gasteiger partial charge in [-0.1, -0.05) is 78.9 Å². The number of fused-ring (bicyclic) bond motifs is 3. The summed E-state index contributed by atoms with van der Waals surface area (Å²) in [5.41, 5.74) is 5.72. The second-order valence-electron chi connectivity index (χ2n) is 7.84. The van der Waals surface area contributed by atoms with Crippen LogP contribution in [0.1, 0.15) is 22.6 Å². The molecule has 0 heterocycles. The summed E-state index contributed by atoms with van der Waals surface area (Å²) in [5, 5.41) is 11.9. The highest BCUT2D eigenvalue weighted by molar-refractivity contribution is 5.85. The number of ether oxygens (including phenoxy) is 1. The number of nitrogens with one attached hydrogen (secondary N) is 1. The largest absolute Gasteiger partial charge is 0.480 e. The highest BCUT2D eigenvalue weighted by Crippen LogP contribution is 2.44. The van der Waals surface area contributed by atoms with Crippen LogP contribution < -0.4 is 5.32 Å². The van der Waals surface area contributed by atoms with Crippen molar-refractivity contribution in [2.24, 2.45) is 0 Å². The third-order valence-corrected chi connectivity index (χ3v) is 5.65. The van der Waals surface area contributed by atoms with Gasteiger partial charge in [0.25, 0.3) is 0 Å². The summed E-state index contributed by atoms with van der Waals surface area (Å²) in [7, 11) is 0. The number of halogens is 1. The van der Waals surface area contributed by atoms with Gasteiger partial charge in [-0.25, -0.2) is 4.79 Å². The second kappa shape index (κ2) is 11.5. The Kier molecular flexibility index (Phi) is 8.46. The maximum Gasteiger partial charge on any atom is 0.407 e. The van der Waals surface area contributed by atoms with Gasteiger partial charge in [0, 0.05) is 25.6 Å². The molecule has 33 heavy (non-hydrogen) atoms. The van der Waals surface area contributed by atoms with Gasteiger partial charge < -0.3 is 15.2 Å². The smallest absolute Gasteiger partial charge is 0.407 e. The highest BCUT2D eigenvalue weighted by Gasteiger charge is 2.28. The van der Waals surface area contributed by atoms with Crippen molar-refractivity contribution in [2.45, 2.75) is 12.5 Å². The van der Waals surface area contributed by atoms with Crippen LogP contribution >= 0.6 is 12.4 Å². The summed E-state index contributed by atoms with van der Waals surface area (Å²) >= 11 is 0. The Morgan fingerprint density at radius 2 is 1.45 bits per heavy atom. The average Bonchev–Trinajstić information content (AvgIpc) is 3.12. The van der Waals surface area contributed by atoms with E-state index < -0.39 is 12.1 Å². The molecule has 0 radical (unpaired) electrons. The van der Waals surface area contributed by atoms with E-state index in [1.165, 1.54) is 11.1 Å². The summed E-state index contributed by atoms with van der Waals surface area (Å²) in [5.74, 6) is -0.892. The minimum absolute atomic E-state index is 0. The molecule has 4 rings (SSSR count). The molecule has 0 saturated carbocycles. The van der Waals surface area contributed by atoms with Crippen molar-refractivity contribution in [1.82, 2.24) is 10.2 Å². The second-order valence-corrected chi connectivity index (χ2v) is 7.84. The minimum atomic E-state index is -0.901. The fraction of sp³-hybridized carbons (Fsp3) is 0.231. The zero-order chi connectivity index (χ0) is 22.3. The number of nitrogens with zero attached hydrogens (tertiary/aromatic N) is 1. The third kappa shape index (κ3) is 6.12. The van der Waals surface area contributed by atoms with E-state index in [2.05, 4.69) is 29.6 Å². The number of amides is 1. The standard InChI is InChI=1S/C26H26N2O4.ClH/c29-25(30)17-28(16-19-8-2-1-3-9-19)15-14-27-26(31)32-18-24-22-12-6-4-10-20(22)21-11-5-7-13-23(21)24;/h1-13,24H,14-18H2,(H,27,31)(H,29,30);1H. The van der Waals surface area contributed by atoms with Crippen molar-refractivity contribution in [2.75, 3.05) is 26.2 Å². The van der Waals surface area contributed by atoms with Crippen LogP contribution in [0.3, 0.4) is 0 Å². The van der Waals surface area contributed by atoms with Gasteiger partial charge in [0.2, 0.25) is 0 Å². The Bertz CT molecular complexity index is 1040. The van der Waals surface area contributed by atoms with Crippen LogP contribution in [-0.4, -0.2) is 48.3 Å². The molecule has 0 fully saturated rings. The molecule has 6 nitrogen and oxygen atoms in total. The quantitative estimate of drug-likeness (QED) is 0.484. The van der Waals surface area contributed by atoms with Crippen LogP contribution in [0, 0.1) is 0 Å². The predicted molar refractivity (Wildman–Crippen MR) is 130 cm³/mol. The van der Waals surface area contributed by atoms with Gasteiger partial charge in [0.15, 0.2) is 0 Å². The Labute approximate surface area is 199 Å². The lowest BCUT2D eigenvalue weighted by atomic mass is 9.98. The Balaban J connectivity index is 0.00000306. The zero-order valence-electron chi connectivity index (χ0n) is 18.1. The highest BCUT2D eigenvalue weighted by atomic mass is 35.5. The number of alkyl carbamates (subject to hydrolysis) is 1. The molecule has 0 aliphatic heterocycles. The van der Waals surface area contributed by atoms with Gasteiger partial charge in [-0.05, 0) is 27.8 Å². The minimum Gasteiger partial charge on any atom is -0.480 e. The maximum atomic E-state index is 12.3. The molecule has 0 bridgehead atoms. The van der Waals surface area contributed by atoms with Gasteiger partial charge in [-0.3, -0.25) is 9.69 Å². The van der Waals surface area contributed by atoms with Gasteiger partial charge in [0.1, 0.15) is 6.61 Å². The lowest BCUT2D eigenvalue weighted by molar-refractivity contribution is -0.138. The molecule has 0 saturated heterocycles. The van der Waals surface area contributed by atoms with Crippen LogP contribution in [0.25, 0.3) is 11.1 Å². The number of carboxylic acid groups (broad SMARTS) is 1. The average molecular weight is 467 g/mol. The summed E-state index contributed by atoms with van der Waals surface area (Å²) in [6, 6.07) is 26.0. The van der Waals surface area contributed by atoms with Crippen LogP contribution in [0.2, 0.25) is 0 Å². The summed E-state index contributed by atoms with van der Waals surface area (Å²) in [6.07, 6.45) is -0.498. The van der Waals surface area contributed by atoms with Crippen molar-refractivity contribution in [3.05, 3.63) is 95.6 Å². The number of hydrogen-bond acceptors (Lipinski definition) is 4. The number of carboxylic acids is 1. The number of benzene rings is 3. The van der Waals surface area contributed by atoms with Crippen LogP contribution in [-0.2, 0) is 16.1 Å². The fourth-order valence-electron chi connectivity index (χ4n) is 4.21. The molecule has 0 spiro atoms. The van der Waals surface area contributed by atoms with Gasteiger partial charge in [-0.15, -0.1) is 12.4 Å². The molecule has 3 aromatic carbocycles. The first-order valence-corrected chi connectivity index (χ1v) is 10.7. The lowest BCUT2D eigenvalue weighted by Crippen LogP contribution is -2.37. The van der Waals surface area contributed by atoms with Gasteiger partial charge >= 0.3 is 12.1 Å². The molecule has 7 heteroatoms. The topological polar surface area (TPSA) is 78.9 Å². The molecule has 2 N–H and O–H groups in total. The van der Waals surface area contributed by atoms with E-state index in [9.17, 15) is 14.7 Å². The first-order chi connectivity index (χ1) is 15.6. The molecule has 172 valence electrons. The molecule has 0 atom stereocenters. The molecule has 0 unspecified atom stereocenters. The summed E-state index contributed by atoms with van der Waals surface area (Å²) in [6.45, 7) is 1.37. The van der Waals surface area contributed by atoms with E-state index in [4.69, 9.17) is 4.74 Å². The van der Waals surface area contributed by atoms with E-state index in [1.807, 2.05) is 54.6 Å². The van der Waals surface area contributed by atoms with Crippen molar-refractivity contribution >= 4 is 24.5 Å². The van der Waals surface area contributed by atoms with Crippen molar-refractivity contribution in [1.29, 1.82) is 0 Å². The van der Waals surface area contributed by atoms with E-state index in [0.717, 1.165) is 16.7 Å². The third-order valence-electron chi connectivity index (χ3n) is 5.65. The molecule has 1 amide bonds. The van der Waals surface area contributed by atoms with Crippen LogP contribution in [0.15, 0.2) is 78.9 Å². The first kappa shape index (κ1) is 24.3. The van der Waals surface area contributed by atoms with Gasteiger partial charge in [-0.2, -0.15) is 0 Å². The first-order valence-electron chi connectivity index (χ1n) is 10.7. The molecular formula is C26H27ClN2O4. The SMILES string of the molecule is Cl.O=C(O)CN(CCNC(=O)OCC1c2ccccc2-c2ccccc21)Cc1ccccc1. The molecular weight excluding hydrogens is 440 g/mol. The molecule has 1 aliphatic carbocycles. The van der Waals surface area contributed by atoms with E-state index >= 15 is 0 Å². The predicted octanol–water partition coefficient (Wildman–Crippen LogP) is 4.53. The fourth-order valence-corrected chi connectivity index (χ4v) is 4.21. The van der Waals surface area contributed by atoms with Gasteiger partial charge in [0.05, 0.1) is 6.54 Å². The number of aliphatic carboxylic acids is 1. The number of carbonyl (C=O) groups is 2. The van der Waals surface area contributed by atoms with Crippen LogP contribution in [0.5, 0.6) is 0 Å². The molecule has 0 aromatic heterocycles. The number of carbonyl (C=O) groups excluding carboxylic acids is 1. The number of hydrogen-bond donors (Lipinski definition) is 2. The Hall–Kier alpha value is -3.35. The van der Waals surface area contributed by atoms with E-state index in [-0.39, 0.29) is 31.5 Å². The molecule has 3 aromatic rings. The van der Waals surface area contributed by atoms with Crippen molar-refractivity contribution in [3.8, 4) is 11.1 Å². The van der Waals surface area contributed by atoms with Crippen LogP contribution in [0.4, 0.5) is 4.79 Å². The normalized spacial score (nSPS) is 11.9. The Morgan fingerprint density at radius 3 is 2.06 bits per heavy atom.